The Morgan fingerprint density at radius 3 is 2.40 bits per heavy atom. The number of rotatable bonds is 1. The number of hydrogen-bond donors (Lipinski definition) is 0. The van der Waals surface area contributed by atoms with Crippen LogP contribution in [-0.4, -0.2) is 14.4 Å². The molecule has 3 aliphatic rings. The van der Waals surface area contributed by atoms with E-state index in [0.29, 0.717) is 11.8 Å². The highest BCUT2D eigenvalue weighted by Gasteiger charge is 2.53. The van der Waals surface area contributed by atoms with E-state index in [1.54, 1.807) is 0 Å². The van der Waals surface area contributed by atoms with E-state index in [1.807, 2.05) is 0 Å². The van der Waals surface area contributed by atoms with Crippen LogP contribution in [0.5, 0.6) is 0 Å². The fraction of sp³-hybridized carbons (Fsp3) is 0.778. The van der Waals surface area contributed by atoms with E-state index in [4.69, 9.17) is 0 Å². The highest BCUT2D eigenvalue weighted by atomic mass is 32.3. The van der Waals surface area contributed by atoms with Crippen molar-refractivity contribution in [1.82, 2.24) is 0 Å². The van der Waals surface area contributed by atoms with Gasteiger partial charge in [-0.05, 0) is 31.1 Å². The van der Waals surface area contributed by atoms with Gasteiger partial charge in [-0.25, -0.2) is 8.98 Å². The van der Waals surface area contributed by atoms with Gasteiger partial charge < -0.3 is 4.18 Å². The minimum atomic E-state index is -4.09. The zero-order valence-corrected chi connectivity index (χ0v) is 8.83. The van der Waals surface area contributed by atoms with Crippen LogP contribution in [0.25, 0.3) is 0 Å². The van der Waals surface area contributed by atoms with Gasteiger partial charge in [-0.2, -0.15) is 8.42 Å². The molecule has 3 rings (SSSR count). The maximum Gasteiger partial charge on any atom is 0.452 e. The summed E-state index contributed by atoms with van der Waals surface area (Å²) >= 11 is 0. The second-order valence-electron chi connectivity index (χ2n) is 4.51. The molecule has 83 valence electrons. The third kappa shape index (κ3) is 1.47. The predicted octanol–water partition coefficient (Wildman–Crippen LogP) is 0.773. The van der Waals surface area contributed by atoms with Crippen molar-refractivity contribution in [3.05, 3.63) is 6.10 Å². The summed E-state index contributed by atoms with van der Waals surface area (Å²) in [4.78, 5) is 11.3. The Morgan fingerprint density at radius 1 is 1.13 bits per heavy atom. The third-order valence-corrected chi connectivity index (χ3v) is 4.38. The van der Waals surface area contributed by atoms with E-state index in [1.165, 1.54) is 6.42 Å². The quantitative estimate of drug-likeness (QED) is 0.666. The van der Waals surface area contributed by atoms with Gasteiger partial charge in [0.1, 0.15) is 0 Å². The standard InChI is InChI=1S/C9H11O5S/c10-9-8(13-15(11,12)14-9)7-4-5-1-2-6(7)3-5/h5-7H,1-4H2. The SMILES string of the molecule is O=C1OS(=O)(=O)O[C]1C1CC2CCC1C2. The van der Waals surface area contributed by atoms with E-state index in [-0.39, 0.29) is 12.0 Å². The zero-order valence-electron chi connectivity index (χ0n) is 8.01. The van der Waals surface area contributed by atoms with E-state index in [2.05, 4.69) is 8.37 Å². The fourth-order valence-corrected chi connectivity index (χ4v) is 3.79. The molecule has 5 nitrogen and oxygen atoms in total. The second-order valence-corrected chi connectivity index (χ2v) is 5.66. The van der Waals surface area contributed by atoms with Crippen LogP contribution < -0.4 is 0 Å². The highest BCUT2D eigenvalue weighted by molar-refractivity contribution is 7.82. The van der Waals surface area contributed by atoms with Crippen LogP contribution in [0.15, 0.2) is 0 Å². The van der Waals surface area contributed by atoms with E-state index in [0.717, 1.165) is 19.3 Å². The normalized spacial score (nSPS) is 43.5. The number of hydrogen-bond acceptors (Lipinski definition) is 5. The van der Waals surface area contributed by atoms with Crippen molar-refractivity contribution in [2.45, 2.75) is 25.7 Å². The van der Waals surface area contributed by atoms with Crippen LogP contribution >= 0.6 is 0 Å². The Morgan fingerprint density at radius 2 is 1.93 bits per heavy atom. The van der Waals surface area contributed by atoms with Gasteiger partial charge in [-0.1, -0.05) is 6.42 Å². The molecular formula is C9H11O5S. The van der Waals surface area contributed by atoms with Gasteiger partial charge in [0.05, 0.1) is 0 Å². The number of fused-ring (bicyclic) bond motifs is 2. The summed E-state index contributed by atoms with van der Waals surface area (Å²) in [7, 11) is -4.09. The molecule has 3 atom stereocenters. The molecule has 1 aliphatic heterocycles. The van der Waals surface area contributed by atoms with Gasteiger partial charge in [0.15, 0.2) is 0 Å². The molecule has 2 saturated carbocycles. The first-order valence-corrected chi connectivity index (χ1v) is 6.43. The van der Waals surface area contributed by atoms with Crippen molar-refractivity contribution >= 4 is 16.4 Å². The Hall–Kier alpha value is -0.620. The molecule has 1 heterocycles. The van der Waals surface area contributed by atoms with E-state index >= 15 is 0 Å². The van der Waals surface area contributed by atoms with Crippen molar-refractivity contribution in [3.8, 4) is 0 Å². The Labute approximate surface area is 88.1 Å². The van der Waals surface area contributed by atoms with Crippen LogP contribution in [-0.2, 0) is 23.6 Å². The Balaban J connectivity index is 1.81. The van der Waals surface area contributed by atoms with E-state index < -0.39 is 16.4 Å². The van der Waals surface area contributed by atoms with E-state index in [9.17, 15) is 13.2 Å². The lowest BCUT2D eigenvalue weighted by Gasteiger charge is -2.21. The molecule has 1 saturated heterocycles. The lowest BCUT2D eigenvalue weighted by atomic mass is 9.85. The van der Waals surface area contributed by atoms with Crippen LogP contribution in [0.4, 0.5) is 0 Å². The van der Waals surface area contributed by atoms with Crippen LogP contribution in [0.2, 0.25) is 0 Å². The Bertz CT molecular complexity index is 401. The molecule has 6 heteroatoms. The van der Waals surface area contributed by atoms with Crippen molar-refractivity contribution in [3.63, 3.8) is 0 Å². The summed E-state index contributed by atoms with van der Waals surface area (Å²) in [6, 6.07) is 0. The van der Waals surface area contributed by atoms with Gasteiger partial charge >= 0.3 is 16.4 Å². The van der Waals surface area contributed by atoms with Gasteiger partial charge in [-0.15, -0.1) is 0 Å². The molecule has 0 amide bonds. The maximum absolute atomic E-state index is 11.3. The smallest absolute Gasteiger partial charge is 0.321 e. The van der Waals surface area contributed by atoms with Crippen molar-refractivity contribution < 1.29 is 21.6 Å². The summed E-state index contributed by atoms with van der Waals surface area (Å²) in [6.07, 6.45) is 4.23. The minimum absolute atomic E-state index is 0.0159. The first kappa shape index (κ1) is 9.59. The molecule has 2 bridgehead atoms. The molecule has 2 aliphatic carbocycles. The predicted molar refractivity (Wildman–Crippen MR) is 48.3 cm³/mol. The number of carbonyl (C=O) groups excluding carboxylic acids is 1. The molecule has 0 aromatic heterocycles. The molecular weight excluding hydrogens is 220 g/mol. The highest BCUT2D eigenvalue weighted by Crippen LogP contribution is 2.53. The van der Waals surface area contributed by atoms with Crippen LogP contribution in [0.3, 0.4) is 0 Å². The van der Waals surface area contributed by atoms with Crippen LogP contribution in [0.1, 0.15) is 25.7 Å². The van der Waals surface area contributed by atoms with Gasteiger partial charge in [-0.3, -0.25) is 0 Å². The minimum Gasteiger partial charge on any atom is -0.321 e. The number of carbonyl (C=O) groups is 1. The first-order chi connectivity index (χ1) is 7.05. The summed E-state index contributed by atoms with van der Waals surface area (Å²) in [6.45, 7) is 0. The molecule has 0 aromatic rings. The van der Waals surface area contributed by atoms with Gasteiger partial charge in [0.25, 0.3) is 0 Å². The lowest BCUT2D eigenvalue weighted by Crippen LogP contribution is -2.23. The average Bonchev–Trinajstić information content (AvgIpc) is 2.78. The molecule has 3 fully saturated rings. The topological polar surface area (TPSA) is 69.7 Å². The average molecular weight is 231 g/mol. The fourth-order valence-electron chi connectivity index (χ4n) is 3.07. The largest absolute Gasteiger partial charge is 0.452 e. The summed E-state index contributed by atoms with van der Waals surface area (Å²) < 4.78 is 30.6. The Kier molecular flexibility index (Phi) is 1.88. The third-order valence-electron chi connectivity index (χ3n) is 3.65. The first-order valence-electron chi connectivity index (χ1n) is 5.10. The monoisotopic (exact) mass is 231 g/mol. The second kappa shape index (κ2) is 2.95. The molecule has 1 radical (unpaired) electrons. The molecule has 0 N–H and O–H groups in total. The summed E-state index contributed by atoms with van der Waals surface area (Å²) in [5.41, 5.74) is 0. The lowest BCUT2D eigenvalue weighted by molar-refractivity contribution is -0.133. The van der Waals surface area contributed by atoms with Gasteiger partial charge in [0.2, 0.25) is 6.10 Å². The van der Waals surface area contributed by atoms with Crippen molar-refractivity contribution in [2.24, 2.45) is 17.8 Å². The molecule has 3 unspecified atom stereocenters. The maximum atomic E-state index is 11.3. The summed E-state index contributed by atoms with van der Waals surface area (Å²) in [5.74, 6) is 0.194. The van der Waals surface area contributed by atoms with Crippen molar-refractivity contribution in [2.75, 3.05) is 0 Å². The summed E-state index contributed by atoms with van der Waals surface area (Å²) in [5, 5.41) is 0. The van der Waals surface area contributed by atoms with Gasteiger partial charge in [0, 0.05) is 5.92 Å². The molecule has 0 spiro atoms. The van der Waals surface area contributed by atoms with Crippen LogP contribution in [0, 0.1) is 23.9 Å². The van der Waals surface area contributed by atoms with Crippen molar-refractivity contribution in [1.29, 1.82) is 0 Å². The molecule has 15 heavy (non-hydrogen) atoms. The zero-order chi connectivity index (χ0) is 10.6. The molecule has 0 aromatic carbocycles.